The molecule has 1 aromatic carbocycles. The molecule has 0 bridgehead atoms. The summed E-state index contributed by atoms with van der Waals surface area (Å²) < 4.78 is 10.5. The van der Waals surface area contributed by atoms with Gasteiger partial charge in [0, 0.05) is 30.1 Å². The maximum Gasteiger partial charge on any atom is 0.193 e. The number of hydrogen-bond acceptors (Lipinski definition) is 5. The number of hydrogen-bond donors (Lipinski definition) is 2. The van der Waals surface area contributed by atoms with Crippen molar-refractivity contribution in [2.45, 2.75) is 13.3 Å². The second-order valence-electron chi connectivity index (χ2n) is 4.57. The quantitative estimate of drug-likeness (QED) is 0.631. The second-order valence-corrected chi connectivity index (χ2v) is 5.89. The zero-order valence-electron chi connectivity index (χ0n) is 12.9. The topological polar surface area (TPSA) is 81.8 Å². The van der Waals surface area contributed by atoms with E-state index in [2.05, 4.69) is 15.3 Å². The Labute approximate surface area is 134 Å². The van der Waals surface area contributed by atoms with Gasteiger partial charge in [-0.05, 0) is 19.1 Å². The molecule has 0 aliphatic rings. The number of thiazole rings is 1. The van der Waals surface area contributed by atoms with Gasteiger partial charge in [0.05, 0.1) is 24.9 Å². The molecule has 0 aliphatic heterocycles. The Balaban J connectivity index is 1.98. The molecule has 0 saturated carbocycles. The molecule has 0 aliphatic carbocycles. The predicted molar refractivity (Wildman–Crippen MR) is 90.2 cm³/mol. The molecule has 0 spiro atoms. The van der Waals surface area contributed by atoms with Gasteiger partial charge in [0.25, 0.3) is 0 Å². The van der Waals surface area contributed by atoms with Gasteiger partial charge in [-0.25, -0.2) is 4.98 Å². The van der Waals surface area contributed by atoms with Crippen LogP contribution in [0.25, 0.3) is 0 Å². The molecule has 6 nitrogen and oxygen atoms in total. The number of nitrogens with zero attached hydrogens (tertiary/aromatic N) is 2. The van der Waals surface area contributed by atoms with Crippen LogP contribution in [0.1, 0.15) is 9.88 Å². The first-order chi connectivity index (χ1) is 10.6. The average molecular weight is 320 g/mol. The number of nitrogens with two attached hydrogens (primary N) is 1. The Morgan fingerprint density at radius 2 is 2.18 bits per heavy atom. The molecule has 1 heterocycles. The van der Waals surface area contributed by atoms with Crippen molar-refractivity contribution < 1.29 is 9.47 Å². The van der Waals surface area contributed by atoms with Crippen LogP contribution >= 0.6 is 11.3 Å². The van der Waals surface area contributed by atoms with E-state index in [-0.39, 0.29) is 0 Å². The number of benzene rings is 1. The maximum atomic E-state index is 5.92. The molecule has 2 rings (SSSR count). The summed E-state index contributed by atoms with van der Waals surface area (Å²) in [7, 11) is 3.21. The number of guanidine groups is 1. The number of aromatic nitrogens is 1. The normalized spacial score (nSPS) is 11.3. The van der Waals surface area contributed by atoms with Crippen LogP contribution in [0.15, 0.2) is 29.4 Å². The molecule has 1 aromatic heterocycles. The highest BCUT2D eigenvalue weighted by molar-refractivity contribution is 7.11. The van der Waals surface area contributed by atoms with Gasteiger partial charge in [0.1, 0.15) is 11.5 Å². The van der Waals surface area contributed by atoms with E-state index in [9.17, 15) is 0 Å². The summed E-state index contributed by atoms with van der Waals surface area (Å²) in [6.07, 6.45) is 2.64. The number of aliphatic imine (C=N–C) groups is 1. The Kier molecular flexibility index (Phi) is 5.60. The molecule has 0 fully saturated rings. The zero-order chi connectivity index (χ0) is 15.9. The highest BCUT2D eigenvalue weighted by atomic mass is 32.1. The van der Waals surface area contributed by atoms with Gasteiger partial charge >= 0.3 is 0 Å². The van der Waals surface area contributed by atoms with Crippen LogP contribution in [0.3, 0.4) is 0 Å². The van der Waals surface area contributed by atoms with Crippen molar-refractivity contribution in [2.24, 2.45) is 10.7 Å². The first-order valence-electron chi connectivity index (χ1n) is 6.82. The molecule has 22 heavy (non-hydrogen) atoms. The van der Waals surface area contributed by atoms with E-state index in [0.29, 0.717) is 23.9 Å². The Bertz CT molecular complexity index is 655. The molecular formula is C15H20N4O2S. The van der Waals surface area contributed by atoms with Crippen LogP contribution < -0.4 is 20.5 Å². The molecule has 0 amide bonds. The molecule has 2 aromatic rings. The lowest BCUT2D eigenvalue weighted by molar-refractivity contribution is 0.405. The summed E-state index contributed by atoms with van der Waals surface area (Å²) in [5.74, 6) is 1.73. The minimum absolute atomic E-state index is 0.333. The molecule has 0 unspecified atom stereocenters. The van der Waals surface area contributed by atoms with Crippen molar-refractivity contribution in [1.82, 2.24) is 4.98 Å². The smallest absolute Gasteiger partial charge is 0.193 e. The number of ether oxygens (including phenoxy) is 2. The monoisotopic (exact) mass is 320 g/mol. The van der Waals surface area contributed by atoms with Gasteiger partial charge in [-0.15, -0.1) is 11.3 Å². The second kappa shape index (κ2) is 7.65. The lowest BCUT2D eigenvalue weighted by Gasteiger charge is -2.12. The number of aryl methyl sites for hydroxylation is 1. The average Bonchev–Trinajstić information content (AvgIpc) is 2.92. The third-order valence-corrected chi connectivity index (χ3v) is 3.92. The van der Waals surface area contributed by atoms with Crippen molar-refractivity contribution in [1.29, 1.82) is 0 Å². The molecule has 0 saturated heterocycles. The highest BCUT2D eigenvalue weighted by Crippen LogP contribution is 2.28. The molecule has 7 heteroatoms. The van der Waals surface area contributed by atoms with Crippen LogP contribution in [0.5, 0.6) is 11.5 Å². The standard InChI is InChI=1S/C15H20N4O2S/c1-10-9-18-14(22-10)6-7-17-15(16)19-12-8-11(20-2)4-5-13(12)21-3/h4-5,8-9H,6-7H2,1-3H3,(H3,16,17,19). The minimum atomic E-state index is 0.333. The fourth-order valence-electron chi connectivity index (χ4n) is 1.88. The van der Waals surface area contributed by atoms with Crippen molar-refractivity contribution in [2.75, 3.05) is 26.1 Å². The van der Waals surface area contributed by atoms with Gasteiger partial charge in [-0.1, -0.05) is 0 Å². The predicted octanol–water partition coefficient (Wildman–Crippen LogP) is 2.44. The van der Waals surface area contributed by atoms with Crippen LogP contribution in [-0.4, -0.2) is 31.7 Å². The van der Waals surface area contributed by atoms with E-state index >= 15 is 0 Å². The fourth-order valence-corrected chi connectivity index (χ4v) is 2.65. The van der Waals surface area contributed by atoms with E-state index in [4.69, 9.17) is 15.2 Å². The van der Waals surface area contributed by atoms with Crippen molar-refractivity contribution in [3.8, 4) is 11.5 Å². The van der Waals surface area contributed by atoms with Crippen LogP contribution in [0.2, 0.25) is 0 Å². The van der Waals surface area contributed by atoms with Crippen molar-refractivity contribution in [3.63, 3.8) is 0 Å². The molecule has 0 radical (unpaired) electrons. The molecular weight excluding hydrogens is 300 g/mol. The van der Waals surface area contributed by atoms with Gasteiger partial charge in [0.15, 0.2) is 5.96 Å². The van der Waals surface area contributed by atoms with E-state index in [1.165, 1.54) is 4.88 Å². The summed E-state index contributed by atoms with van der Waals surface area (Å²) in [5, 5.41) is 4.10. The van der Waals surface area contributed by atoms with Gasteiger partial charge in [0.2, 0.25) is 0 Å². The van der Waals surface area contributed by atoms with E-state index in [0.717, 1.165) is 17.2 Å². The number of nitrogens with one attached hydrogen (secondary N) is 1. The number of methoxy groups -OCH3 is 2. The highest BCUT2D eigenvalue weighted by Gasteiger charge is 2.06. The van der Waals surface area contributed by atoms with Crippen molar-refractivity contribution in [3.05, 3.63) is 34.3 Å². The first kappa shape index (κ1) is 16.1. The van der Waals surface area contributed by atoms with Crippen LogP contribution in [0, 0.1) is 6.92 Å². The number of anilines is 1. The molecule has 118 valence electrons. The van der Waals surface area contributed by atoms with Crippen molar-refractivity contribution >= 4 is 23.0 Å². The maximum absolute atomic E-state index is 5.92. The molecule has 0 atom stereocenters. The van der Waals surface area contributed by atoms with E-state index < -0.39 is 0 Å². The van der Waals surface area contributed by atoms with Crippen LogP contribution in [-0.2, 0) is 6.42 Å². The van der Waals surface area contributed by atoms with Gasteiger partial charge < -0.3 is 20.5 Å². The summed E-state index contributed by atoms with van der Waals surface area (Å²) in [6.45, 7) is 2.62. The Morgan fingerprint density at radius 3 is 2.82 bits per heavy atom. The minimum Gasteiger partial charge on any atom is -0.497 e. The van der Waals surface area contributed by atoms with E-state index in [1.807, 2.05) is 31.3 Å². The van der Waals surface area contributed by atoms with E-state index in [1.54, 1.807) is 25.6 Å². The Morgan fingerprint density at radius 1 is 1.36 bits per heavy atom. The Hall–Kier alpha value is -2.28. The van der Waals surface area contributed by atoms with Gasteiger partial charge in [-0.3, -0.25) is 4.99 Å². The largest absolute Gasteiger partial charge is 0.497 e. The van der Waals surface area contributed by atoms with Crippen LogP contribution in [0.4, 0.5) is 5.69 Å². The summed E-state index contributed by atoms with van der Waals surface area (Å²) in [6, 6.07) is 5.44. The summed E-state index contributed by atoms with van der Waals surface area (Å²) in [5.41, 5.74) is 6.63. The lowest BCUT2D eigenvalue weighted by Crippen LogP contribution is -2.23. The fraction of sp³-hybridized carbons (Fsp3) is 0.333. The summed E-state index contributed by atoms with van der Waals surface area (Å²) in [4.78, 5) is 9.81. The number of rotatable bonds is 6. The third-order valence-electron chi connectivity index (χ3n) is 2.95. The molecule has 3 N–H and O–H groups in total. The van der Waals surface area contributed by atoms with Gasteiger partial charge in [-0.2, -0.15) is 0 Å². The zero-order valence-corrected chi connectivity index (χ0v) is 13.7. The summed E-state index contributed by atoms with van der Waals surface area (Å²) >= 11 is 1.68. The third kappa shape index (κ3) is 4.36. The SMILES string of the molecule is COc1ccc(OC)c(NC(N)=NCCc2ncc(C)s2)c1. The lowest BCUT2D eigenvalue weighted by atomic mass is 10.2. The first-order valence-corrected chi connectivity index (χ1v) is 7.64.